The van der Waals surface area contributed by atoms with Crippen LogP contribution in [0.15, 0.2) is 18.2 Å². The highest BCUT2D eigenvalue weighted by Crippen LogP contribution is 2.17. The molecular weight excluding hydrogens is 392 g/mol. The van der Waals surface area contributed by atoms with Gasteiger partial charge in [-0.1, -0.05) is 12.2 Å². The van der Waals surface area contributed by atoms with Gasteiger partial charge < -0.3 is 10.6 Å². The summed E-state index contributed by atoms with van der Waals surface area (Å²) in [4.78, 5) is 16.8. The van der Waals surface area contributed by atoms with Crippen LogP contribution in [0.3, 0.4) is 0 Å². The molecule has 2 rings (SSSR count). The lowest BCUT2D eigenvalue weighted by Gasteiger charge is -2.34. The van der Waals surface area contributed by atoms with Gasteiger partial charge in [0.25, 0.3) is 5.91 Å². The molecule has 20 heavy (non-hydrogen) atoms. The van der Waals surface area contributed by atoms with E-state index in [2.05, 4.69) is 4.90 Å². The van der Waals surface area contributed by atoms with Gasteiger partial charge in [-0.25, -0.2) is 4.39 Å². The van der Waals surface area contributed by atoms with E-state index in [9.17, 15) is 9.18 Å². The number of nitrogens with zero attached hydrogens (tertiary/aromatic N) is 2. The van der Waals surface area contributed by atoms with Crippen LogP contribution in [0.1, 0.15) is 10.4 Å². The second-order valence-electron chi connectivity index (χ2n) is 4.66. The SMILES string of the molecule is NC(=S)CN1CCN(C(=O)c2ccc(F)cc2I)CC1. The molecule has 0 aliphatic carbocycles. The number of hydrogen-bond donors (Lipinski definition) is 1. The fraction of sp³-hybridized carbons (Fsp3) is 0.385. The normalized spacial score (nSPS) is 16.2. The molecule has 1 aliphatic heterocycles. The summed E-state index contributed by atoms with van der Waals surface area (Å²) in [6.07, 6.45) is 0. The van der Waals surface area contributed by atoms with Gasteiger partial charge in [0.15, 0.2) is 0 Å². The fourth-order valence-corrected chi connectivity index (χ4v) is 3.05. The van der Waals surface area contributed by atoms with E-state index in [1.807, 2.05) is 22.6 Å². The van der Waals surface area contributed by atoms with Crippen LogP contribution in [0.25, 0.3) is 0 Å². The minimum absolute atomic E-state index is 0.0515. The fourth-order valence-electron chi connectivity index (χ4n) is 2.16. The predicted octanol–water partition coefficient (Wildman–Crippen LogP) is 1.47. The number of nitrogens with two attached hydrogens (primary N) is 1. The highest BCUT2D eigenvalue weighted by Gasteiger charge is 2.23. The molecule has 1 heterocycles. The van der Waals surface area contributed by atoms with Crippen LogP contribution in [0.2, 0.25) is 0 Å². The lowest BCUT2D eigenvalue weighted by Crippen LogP contribution is -2.50. The molecule has 1 aliphatic rings. The molecule has 0 atom stereocenters. The number of hydrogen-bond acceptors (Lipinski definition) is 3. The Bertz CT molecular complexity index is 532. The van der Waals surface area contributed by atoms with Gasteiger partial charge in [0.05, 0.1) is 10.6 Å². The van der Waals surface area contributed by atoms with Crippen molar-refractivity contribution in [3.63, 3.8) is 0 Å². The van der Waals surface area contributed by atoms with Crippen LogP contribution >= 0.6 is 34.8 Å². The van der Waals surface area contributed by atoms with E-state index in [1.165, 1.54) is 12.1 Å². The van der Waals surface area contributed by atoms with Crippen molar-refractivity contribution < 1.29 is 9.18 Å². The zero-order valence-electron chi connectivity index (χ0n) is 10.8. The van der Waals surface area contributed by atoms with Gasteiger partial charge in [0.2, 0.25) is 0 Å². The van der Waals surface area contributed by atoms with Gasteiger partial charge in [-0.3, -0.25) is 9.69 Å². The minimum atomic E-state index is -0.327. The summed E-state index contributed by atoms with van der Waals surface area (Å²) in [5.41, 5.74) is 6.07. The van der Waals surface area contributed by atoms with E-state index in [1.54, 1.807) is 11.0 Å². The van der Waals surface area contributed by atoms with E-state index in [4.69, 9.17) is 18.0 Å². The zero-order valence-corrected chi connectivity index (χ0v) is 13.8. The van der Waals surface area contributed by atoms with Crippen molar-refractivity contribution in [1.29, 1.82) is 0 Å². The summed E-state index contributed by atoms with van der Waals surface area (Å²) in [6, 6.07) is 4.23. The van der Waals surface area contributed by atoms with E-state index in [0.29, 0.717) is 33.8 Å². The van der Waals surface area contributed by atoms with Crippen molar-refractivity contribution in [2.75, 3.05) is 32.7 Å². The highest BCUT2D eigenvalue weighted by molar-refractivity contribution is 14.1. The molecule has 0 radical (unpaired) electrons. The standard InChI is InChI=1S/C13H15FIN3OS/c14-9-1-2-10(11(15)7-9)13(19)18-5-3-17(4-6-18)8-12(16)20/h1-2,7H,3-6,8H2,(H2,16,20). The quantitative estimate of drug-likeness (QED) is 0.609. The van der Waals surface area contributed by atoms with E-state index < -0.39 is 0 Å². The van der Waals surface area contributed by atoms with Gasteiger partial charge in [-0.15, -0.1) is 0 Å². The average molecular weight is 407 g/mol. The number of rotatable bonds is 3. The van der Waals surface area contributed by atoms with Gasteiger partial charge in [-0.2, -0.15) is 0 Å². The van der Waals surface area contributed by atoms with Gasteiger partial charge in [-0.05, 0) is 40.8 Å². The van der Waals surface area contributed by atoms with Crippen molar-refractivity contribution in [3.8, 4) is 0 Å². The molecule has 1 fully saturated rings. The first-order valence-corrected chi connectivity index (χ1v) is 7.71. The van der Waals surface area contributed by atoms with Crippen molar-refractivity contribution in [3.05, 3.63) is 33.1 Å². The third kappa shape index (κ3) is 3.86. The Morgan fingerprint density at radius 2 is 2.00 bits per heavy atom. The first-order valence-electron chi connectivity index (χ1n) is 6.22. The van der Waals surface area contributed by atoms with Crippen molar-refractivity contribution in [1.82, 2.24) is 9.80 Å². The van der Waals surface area contributed by atoms with Crippen molar-refractivity contribution >= 4 is 45.7 Å². The maximum absolute atomic E-state index is 13.1. The Kier molecular flexibility index (Phi) is 5.28. The molecule has 1 saturated heterocycles. The number of thiocarbonyl (C=S) groups is 1. The molecule has 0 saturated carbocycles. The second kappa shape index (κ2) is 6.77. The number of benzene rings is 1. The maximum atomic E-state index is 13.1. The molecule has 4 nitrogen and oxygen atoms in total. The Labute approximate surface area is 136 Å². The van der Waals surface area contributed by atoms with Crippen LogP contribution in [0, 0.1) is 9.39 Å². The molecule has 0 bridgehead atoms. The summed E-state index contributed by atoms with van der Waals surface area (Å²) in [7, 11) is 0. The number of carbonyl (C=O) groups excluding carboxylic acids is 1. The molecule has 108 valence electrons. The summed E-state index contributed by atoms with van der Waals surface area (Å²) < 4.78 is 13.7. The molecule has 0 unspecified atom stereocenters. The number of carbonyl (C=O) groups is 1. The van der Waals surface area contributed by atoms with Gasteiger partial charge in [0, 0.05) is 36.3 Å². The molecule has 7 heteroatoms. The lowest BCUT2D eigenvalue weighted by molar-refractivity contribution is 0.0653. The minimum Gasteiger partial charge on any atom is -0.392 e. The van der Waals surface area contributed by atoms with Crippen molar-refractivity contribution in [2.45, 2.75) is 0 Å². The maximum Gasteiger partial charge on any atom is 0.255 e. The molecule has 2 N–H and O–H groups in total. The van der Waals surface area contributed by atoms with Gasteiger partial charge >= 0.3 is 0 Å². The Hall–Kier alpha value is -0.800. The number of piperazine rings is 1. The highest BCUT2D eigenvalue weighted by atomic mass is 127. The Balaban J connectivity index is 1.99. The Morgan fingerprint density at radius 3 is 2.55 bits per heavy atom. The van der Waals surface area contributed by atoms with Crippen LogP contribution < -0.4 is 5.73 Å². The number of amides is 1. The van der Waals surface area contributed by atoms with Crippen LogP contribution in [-0.2, 0) is 0 Å². The van der Waals surface area contributed by atoms with Gasteiger partial charge in [0.1, 0.15) is 5.82 Å². The topological polar surface area (TPSA) is 49.6 Å². The van der Waals surface area contributed by atoms with Crippen LogP contribution in [0.5, 0.6) is 0 Å². The third-order valence-corrected chi connectivity index (χ3v) is 4.22. The molecular formula is C13H15FIN3OS. The van der Waals surface area contributed by atoms with E-state index in [0.717, 1.165) is 13.1 Å². The molecule has 1 aromatic rings. The monoisotopic (exact) mass is 407 g/mol. The second-order valence-corrected chi connectivity index (χ2v) is 6.35. The summed E-state index contributed by atoms with van der Waals surface area (Å²) >= 11 is 6.87. The summed E-state index contributed by atoms with van der Waals surface area (Å²) in [5, 5.41) is 0. The average Bonchev–Trinajstić information content (AvgIpc) is 2.38. The van der Waals surface area contributed by atoms with Crippen LogP contribution in [0.4, 0.5) is 4.39 Å². The zero-order chi connectivity index (χ0) is 14.7. The third-order valence-electron chi connectivity index (χ3n) is 3.20. The van der Waals surface area contributed by atoms with Crippen LogP contribution in [-0.4, -0.2) is 53.4 Å². The van der Waals surface area contributed by atoms with Crippen molar-refractivity contribution in [2.24, 2.45) is 5.73 Å². The van der Waals surface area contributed by atoms with E-state index in [-0.39, 0.29) is 11.7 Å². The first-order chi connectivity index (χ1) is 9.47. The summed E-state index contributed by atoms with van der Waals surface area (Å²) in [6.45, 7) is 3.36. The lowest BCUT2D eigenvalue weighted by atomic mass is 10.2. The molecule has 1 amide bonds. The first kappa shape index (κ1) is 15.6. The summed E-state index contributed by atoms with van der Waals surface area (Å²) in [5.74, 6) is -0.378. The smallest absolute Gasteiger partial charge is 0.255 e. The molecule has 0 aromatic heterocycles. The Morgan fingerprint density at radius 1 is 1.35 bits per heavy atom. The largest absolute Gasteiger partial charge is 0.392 e. The molecule has 0 spiro atoms. The number of halogens is 2. The predicted molar refractivity (Wildman–Crippen MR) is 88.2 cm³/mol. The van der Waals surface area contributed by atoms with E-state index >= 15 is 0 Å². The molecule has 1 aromatic carbocycles.